The zero-order chi connectivity index (χ0) is 19.6. The number of para-hydroxylation sites is 2. The molecule has 1 aliphatic rings. The summed E-state index contributed by atoms with van der Waals surface area (Å²) < 4.78 is 22.7. The van der Waals surface area contributed by atoms with E-state index in [1.165, 1.54) is 0 Å². The first kappa shape index (κ1) is 20.6. The van der Waals surface area contributed by atoms with Gasteiger partial charge in [-0.3, -0.25) is 0 Å². The minimum absolute atomic E-state index is 0.0320. The largest absolute Gasteiger partial charge is 0.496 e. The third kappa shape index (κ3) is 5.23. The molecular formula is C22H30N2O4. The Morgan fingerprint density at radius 3 is 1.54 bits per heavy atom. The van der Waals surface area contributed by atoms with Crippen LogP contribution in [0.25, 0.3) is 0 Å². The fourth-order valence-corrected chi connectivity index (χ4v) is 3.56. The van der Waals surface area contributed by atoms with Gasteiger partial charge in [0, 0.05) is 24.2 Å². The highest BCUT2D eigenvalue weighted by molar-refractivity contribution is 5.42. The third-order valence-electron chi connectivity index (χ3n) is 4.87. The molecule has 0 spiro atoms. The van der Waals surface area contributed by atoms with E-state index in [1.807, 2.05) is 36.4 Å². The predicted octanol–water partition coefficient (Wildman–Crippen LogP) is 2.71. The second-order valence-corrected chi connectivity index (χ2v) is 6.57. The van der Waals surface area contributed by atoms with Crippen molar-refractivity contribution in [1.82, 2.24) is 10.6 Å². The average Bonchev–Trinajstić information content (AvgIpc) is 2.74. The quantitative estimate of drug-likeness (QED) is 0.843. The van der Waals surface area contributed by atoms with E-state index in [1.54, 1.807) is 14.2 Å². The van der Waals surface area contributed by atoms with Gasteiger partial charge in [-0.1, -0.05) is 36.4 Å². The van der Waals surface area contributed by atoms with E-state index in [0.29, 0.717) is 26.4 Å². The van der Waals surface area contributed by atoms with Crippen LogP contribution < -0.4 is 20.1 Å². The fourth-order valence-electron chi connectivity index (χ4n) is 3.56. The molecule has 0 aliphatic carbocycles. The lowest BCUT2D eigenvalue weighted by molar-refractivity contribution is 0.0446. The van der Waals surface area contributed by atoms with E-state index in [0.717, 1.165) is 35.7 Å². The molecule has 0 radical (unpaired) electrons. The van der Waals surface area contributed by atoms with Crippen LogP contribution >= 0.6 is 0 Å². The molecule has 0 aromatic heterocycles. The van der Waals surface area contributed by atoms with E-state index in [9.17, 15) is 0 Å². The Kier molecular flexibility index (Phi) is 8.11. The number of ether oxygens (including phenoxy) is 4. The molecule has 28 heavy (non-hydrogen) atoms. The van der Waals surface area contributed by atoms with E-state index < -0.39 is 0 Å². The summed E-state index contributed by atoms with van der Waals surface area (Å²) in [6.45, 7) is 3.89. The van der Waals surface area contributed by atoms with Crippen LogP contribution in [0.15, 0.2) is 48.5 Å². The van der Waals surface area contributed by atoms with Crippen molar-refractivity contribution in [2.24, 2.45) is 0 Å². The first-order chi connectivity index (χ1) is 13.8. The van der Waals surface area contributed by atoms with Crippen molar-refractivity contribution in [1.29, 1.82) is 0 Å². The molecule has 3 rings (SSSR count). The van der Waals surface area contributed by atoms with Gasteiger partial charge in [0.2, 0.25) is 0 Å². The molecule has 152 valence electrons. The van der Waals surface area contributed by atoms with Crippen molar-refractivity contribution >= 4 is 0 Å². The van der Waals surface area contributed by atoms with Gasteiger partial charge >= 0.3 is 0 Å². The summed E-state index contributed by atoms with van der Waals surface area (Å²) in [5.41, 5.74) is 2.18. The van der Waals surface area contributed by atoms with Crippen molar-refractivity contribution in [2.75, 3.05) is 53.7 Å². The topological polar surface area (TPSA) is 61.0 Å². The molecule has 6 nitrogen and oxygen atoms in total. The van der Waals surface area contributed by atoms with Crippen molar-refractivity contribution in [3.05, 3.63) is 59.7 Å². The molecule has 1 aliphatic heterocycles. The summed E-state index contributed by atoms with van der Waals surface area (Å²) in [5.74, 6) is 1.71. The van der Waals surface area contributed by atoms with Crippen molar-refractivity contribution in [3.63, 3.8) is 0 Å². The summed E-state index contributed by atoms with van der Waals surface area (Å²) in [6, 6.07) is 16.2. The number of methoxy groups -OCH3 is 2. The Hall–Kier alpha value is -2.12. The molecule has 0 amide bonds. The number of hydrogen-bond donors (Lipinski definition) is 2. The Labute approximate surface area is 167 Å². The standard InChI is InChI=1S/C22H30N2O4/c1-25-19-9-5-3-7-17(19)21-22(18-8-4-6-10-20(18)26-2)24-12-14-28-16-15-27-13-11-23-21/h3-10,21-24H,11-16H2,1-2H3/t21-,22-/m1/s1. The summed E-state index contributed by atoms with van der Waals surface area (Å²) in [5, 5.41) is 7.33. The van der Waals surface area contributed by atoms with Gasteiger partial charge in [0.15, 0.2) is 0 Å². The predicted molar refractivity (Wildman–Crippen MR) is 109 cm³/mol. The fraction of sp³-hybridized carbons (Fsp3) is 0.455. The molecule has 1 saturated heterocycles. The number of benzene rings is 2. The van der Waals surface area contributed by atoms with Gasteiger partial charge in [0.1, 0.15) is 11.5 Å². The highest BCUT2D eigenvalue weighted by Gasteiger charge is 2.28. The summed E-state index contributed by atoms with van der Waals surface area (Å²) >= 11 is 0. The second-order valence-electron chi connectivity index (χ2n) is 6.57. The minimum atomic E-state index is -0.0320. The maximum atomic E-state index is 5.67. The molecule has 2 aromatic rings. The lowest BCUT2D eigenvalue weighted by atomic mass is 9.91. The first-order valence-corrected chi connectivity index (χ1v) is 9.73. The van der Waals surface area contributed by atoms with Crippen LogP contribution in [0.3, 0.4) is 0 Å². The smallest absolute Gasteiger partial charge is 0.123 e. The van der Waals surface area contributed by atoms with Crippen molar-refractivity contribution in [2.45, 2.75) is 12.1 Å². The van der Waals surface area contributed by atoms with Crippen LogP contribution in [-0.2, 0) is 9.47 Å². The van der Waals surface area contributed by atoms with Gasteiger partial charge in [-0.15, -0.1) is 0 Å². The molecule has 2 aromatic carbocycles. The maximum absolute atomic E-state index is 5.67. The van der Waals surface area contributed by atoms with Crippen molar-refractivity contribution < 1.29 is 18.9 Å². The minimum Gasteiger partial charge on any atom is -0.496 e. The van der Waals surface area contributed by atoms with Crippen LogP contribution in [-0.4, -0.2) is 53.7 Å². The summed E-state index contributed by atoms with van der Waals surface area (Å²) in [7, 11) is 3.41. The monoisotopic (exact) mass is 386 g/mol. The van der Waals surface area contributed by atoms with Gasteiger partial charge in [-0.05, 0) is 12.1 Å². The van der Waals surface area contributed by atoms with Crippen LogP contribution in [0, 0.1) is 0 Å². The third-order valence-corrected chi connectivity index (χ3v) is 4.87. The molecule has 1 fully saturated rings. The summed E-state index contributed by atoms with van der Waals surface area (Å²) in [6.07, 6.45) is 0. The zero-order valence-electron chi connectivity index (χ0n) is 16.6. The van der Waals surface area contributed by atoms with E-state index in [2.05, 4.69) is 22.8 Å². The maximum Gasteiger partial charge on any atom is 0.123 e. The SMILES string of the molecule is COc1ccccc1[C@H]1NCCOCCOCCN[C@@H]1c1ccccc1OC. The number of rotatable bonds is 4. The Balaban J connectivity index is 2.00. The van der Waals surface area contributed by atoms with Gasteiger partial charge < -0.3 is 29.6 Å². The van der Waals surface area contributed by atoms with Gasteiger partial charge in [0.05, 0.1) is 52.7 Å². The van der Waals surface area contributed by atoms with E-state index in [4.69, 9.17) is 18.9 Å². The molecular weight excluding hydrogens is 356 g/mol. The summed E-state index contributed by atoms with van der Waals surface area (Å²) in [4.78, 5) is 0. The van der Waals surface area contributed by atoms with Gasteiger partial charge in [-0.2, -0.15) is 0 Å². The van der Waals surface area contributed by atoms with Crippen LogP contribution in [0.2, 0.25) is 0 Å². The van der Waals surface area contributed by atoms with Crippen LogP contribution in [0.1, 0.15) is 23.2 Å². The highest BCUT2D eigenvalue weighted by atomic mass is 16.5. The van der Waals surface area contributed by atoms with Crippen molar-refractivity contribution in [3.8, 4) is 11.5 Å². The Morgan fingerprint density at radius 2 is 1.11 bits per heavy atom. The lowest BCUT2D eigenvalue weighted by Gasteiger charge is -2.32. The molecule has 2 N–H and O–H groups in total. The molecule has 1 heterocycles. The van der Waals surface area contributed by atoms with E-state index >= 15 is 0 Å². The van der Waals surface area contributed by atoms with Crippen LogP contribution in [0.5, 0.6) is 11.5 Å². The lowest BCUT2D eigenvalue weighted by Crippen LogP contribution is -2.39. The zero-order valence-corrected chi connectivity index (χ0v) is 16.6. The Morgan fingerprint density at radius 1 is 0.679 bits per heavy atom. The number of nitrogens with one attached hydrogen (secondary N) is 2. The van der Waals surface area contributed by atoms with Crippen LogP contribution in [0.4, 0.5) is 0 Å². The Bertz CT molecular complexity index is 664. The van der Waals surface area contributed by atoms with Gasteiger partial charge in [0.25, 0.3) is 0 Å². The van der Waals surface area contributed by atoms with Gasteiger partial charge in [-0.25, -0.2) is 0 Å². The molecule has 0 unspecified atom stereocenters. The van der Waals surface area contributed by atoms with E-state index in [-0.39, 0.29) is 12.1 Å². The normalized spacial score (nSPS) is 21.9. The average molecular weight is 386 g/mol. The number of hydrogen-bond acceptors (Lipinski definition) is 6. The molecule has 0 bridgehead atoms. The highest BCUT2D eigenvalue weighted by Crippen LogP contribution is 2.37. The second kappa shape index (κ2) is 11.0. The molecule has 0 saturated carbocycles. The molecule has 2 atom stereocenters. The first-order valence-electron chi connectivity index (χ1n) is 9.73. The molecule has 6 heteroatoms.